The van der Waals surface area contributed by atoms with Gasteiger partial charge in [-0.3, -0.25) is 19.1 Å². The van der Waals surface area contributed by atoms with Crippen molar-refractivity contribution >= 4 is 34.9 Å². The molecule has 1 aromatic heterocycles. The zero-order chi connectivity index (χ0) is 17.0. The number of carbonyl (C=O) groups excluding carboxylic acids is 3. The first kappa shape index (κ1) is 16.2. The SMILES string of the molecule is CC(=O)Nc1cc(NC(C)=O)cc(C(=O)Nc2ccn(C)n2)c1. The summed E-state index contributed by atoms with van der Waals surface area (Å²) in [6, 6.07) is 6.26. The molecule has 3 N–H and O–H groups in total. The Morgan fingerprint density at radius 1 is 0.957 bits per heavy atom. The van der Waals surface area contributed by atoms with Crippen LogP contribution in [0.15, 0.2) is 30.5 Å². The van der Waals surface area contributed by atoms with E-state index in [-0.39, 0.29) is 17.4 Å². The Morgan fingerprint density at radius 2 is 1.52 bits per heavy atom. The number of amides is 3. The Morgan fingerprint density at radius 3 is 1.96 bits per heavy atom. The monoisotopic (exact) mass is 315 g/mol. The Balaban J connectivity index is 2.29. The summed E-state index contributed by atoms with van der Waals surface area (Å²) in [5, 5.41) is 11.9. The van der Waals surface area contributed by atoms with Crippen LogP contribution >= 0.6 is 0 Å². The Bertz CT molecular complexity index is 732. The van der Waals surface area contributed by atoms with Crippen molar-refractivity contribution in [1.29, 1.82) is 0 Å². The number of aryl methyl sites for hydroxylation is 1. The number of carbonyl (C=O) groups is 3. The van der Waals surface area contributed by atoms with Crippen LogP contribution in [0.1, 0.15) is 24.2 Å². The number of rotatable bonds is 4. The van der Waals surface area contributed by atoms with E-state index in [4.69, 9.17) is 0 Å². The van der Waals surface area contributed by atoms with Crippen LogP contribution in [-0.2, 0) is 16.6 Å². The largest absolute Gasteiger partial charge is 0.326 e. The standard InChI is InChI=1S/C15H17N5O3/c1-9(21)16-12-6-11(7-13(8-12)17-10(2)22)15(23)18-14-4-5-20(3)19-14/h4-8H,1-3H3,(H,16,21)(H,17,22)(H,18,19,23). The van der Waals surface area contributed by atoms with E-state index in [2.05, 4.69) is 21.0 Å². The lowest BCUT2D eigenvalue weighted by molar-refractivity contribution is -0.115. The first-order chi connectivity index (χ1) is 10.8. The fraction of sp³-hybridized carbons (Fsp3) is 0.200. The minimum atomic E-state index is -0.400. The minimum Gasteiger partial charge on any atom is -0.326 e. The molecule has 3 amide bonds. The van der Waals surface area contributed by atoms with Crippen molar-refractivity contribution in [1.82, 2.24) is 9.78 Å². The topological polar surface area (TPSA) is 105 Å². The number of benzene rings is 1. The smallest absolute Gasteiger partial charge is 0.257 e. The van der Waals surface area contributed by atoms with Crippen molar-refractivity contribution < 1.29 is 14.4 Å². The quantitative estimate of drug-likeness (QED) is 0.796. The average molecular weight is 315 g/mol. The summed E-state index contributed by atoms with van der Waals surface area (Å²) in [4.78, 5) is 34.7. The molecule has 120 valence electrons. The number of nitrogens with zero attached hydrogens (tertiary/aromatic N) is 2. The predicted octanol–water partition coefficient (Wildman–Crippen LogP) is 1.59. The highest BCUT2D eigenvalue weighted by molar-refractivity contribution is 6.06. The van der Waals surface area contributed by atoms with Crippen molar-refractivity contribution in [3.05, 3.63) is 36.0 Å². The van der Waals surface area contributed by atoms with Gasteiger partial charge < -0.3 is 16.0 Å². The maximum atomic E-state index is 12.3. The van der Waals surface area contributed by atoms with Gasteiger partial charge in [0, 0.05) is 50.1 Å². The van der Waals surface area contributed by atoms with Crippen LogP contribution in [0.2, 0.25) is 0 Å². The molecule has 0 spiro atoms. The van der Waals surface area contributed by atoms with Crippen LogP contribution in [0, 0.1) is 0 Å². The highest BCUT2D eigenvalue weighted by atomic mass is 16.2. The van der Waals surface area contributed by atoms with Crippen molar-refractivity contribution in [3.8, 4) is 0 Å². The van der Waals surface area contributed by atoms with E-state index >= 15 is 0 Å². The Hall–Kier alpha value is -3.16. The fourth-order valence-corrected chi connectivity index (χ4v) is 1.98. The molecule has 1 aromatic carbocycles. The number of anilines is 3. The van der Waals surface area contributed by atoms with Gasteiger partial charge in [-0.05, 0) is 18.2 Å². The summed E-state index contributed by atoms with van der Waals surface area (Å²) in [5.74, 6) is -0.548. The second-order valence-corrected chi connectivity index (χ2v) is 4.99. The summed E-state index contributed by atoms with van der Waals surface area (Å²) < 4.78 is 1.56. The van der Waals surface area contributed by atoms with Gasteiger partial charge in [0.1, 0.15) is 0 Å². The van der Waals surface area contributed by atoms with Gasteiger partial charge in [0.25, 0.3) is 5.91 Å². The van der Waals surface area contributed by atoms with Crippen LogP contribution < -0.4 is 16.0 Å². The van der Waals surface area contributed by atoms with Crippen LogP contribution in [0.4, 0.5) is 17.2 Å². The molecular weight excluding hydrogens is 298 g/mol. The van der Waals surface area contributed by atoms with E-state index in [0.29, 0.717) is 17.2 Å². The lowest BCUT2D eigenvalue weighted by Gasteiger charge is -2.10. The Labute approximate surface area is 132 Å². The van der Waals surface area contributed by atoms with E-state index in [0.717, 1.165) is 0 Å². The van der Waals surface area contributed by atoms with Gasteiger partial charge in [0.05, 0.1) is 0 Å². The number of hydrogen-bond donors (Lipinski definition) is 3. The second kappa shape index (κ2) is 6.73. The van der Waals surface area contributed by atoms with Crippen molar-refractivity contribution in [3.63, 3.8) is 0 Å². The molecule has 0 aliphatic heterocycles. The maximum Gasteiger partial charge on any atom is 0.257 e. The highest BCUT2D eigenvalue weighted by Crippen LogP contribution is 2.20. The van der Waals surface area contributed by atoms with Gasteiger partial charge in [0.2, 0.25) is 11.8 Å². The summed E-state index contributed by atoms with van der Waals surface area (Å²) >= 11 is 0. The number of hydrogen-bond acceptors (Lipinski definition) is 4. The maximum absolute atomic E-state index is 12.3. The summed E-state index contributed by atoms with van der Waals surface area (Å²) in [5.41, 5.74) is 1.11. The van der Waals surface area contributed by atoms with Crippen molar-refractivity contribution in [2.75, 3.05) is 16.0 Å². The van der Waals surface area contributed by atoms with Crippen LogP contribution in [0.3, 0.4) is 0 Å². The molecule has 0 saturated heterocycles. The highest BCUT2D eigenvalue weighted by Gasteiger charge is 2.12. The van der Waals surface area contributed by atoms with Gasteiger partial charge in [-0.2, -0.15) is 5.10 Å². The minimum absolute atomic E-state index is 0.277. The molecule has 0 bridgehead atoms. The van der Waals surface area contributed by atoms with E-state index in [1.54, 1.807) is 30.1 Å². The molecule has 8 nitrogen and oxygen atoms in total. The third-order valence-corrected chi connectivity index (χ3v) is 2.79. The number of nitrogens with one attached hydrogen (secondary N) is 3. The van der Waals surface area contributed by atoms with Crippen LogP contribution in [0.5, 0.6) is 0 Å². The normalized spacial score (nSPS) is 10.0. The fourth-order valence-electron chi connectivity index (χ4n) is 1.98. The van der Waals surface area contributed by atoms with Crippen molar-refractivity contribution in [2.45, 2.75) is 13.8 Å². The molecule has 2 rings (SSSR count). The van der Waals surface area contributed by atoms with Crippen molar-refractivity contribution in [2.24, 2.45) is 7.05 Å². The van der Waals surface area contributed by atoms with Gasteiger partial charge in [-0.25, -0.2) is 0 Å². The molecule has 8 heteroatoms. The third-order valence-electron chi connectivity index (χ3n) is 2.79. The lowest BCUT2D eigenvalue weighted by atomic mass is 10.1. The van der Waals surface area contributed by atoms with E-state index in [1.165, 1.54) is 26.0 Å². The van der Waals surface area contributed by atoms with Gasteiger partial charge in [-0.1, -0.05) is 0 Å². The molecule has 0 saturated carbocycles. The lowest BCUT2D eigenvalue weighted by Crippen LogP contribution is -2.15. The molecule has 0 radical (unpaired) electrons. The molecule has 23 heavy (non-hydrogen) atoms. The molecule has 0 unspecified atom stereocenters. The van der Waals surface area contributed by atoms with Gasteiger partial charge >= 0.3 is 0 Å². The first-order valence-corrected chi connectivity index (χ1v) is 6.85. The zero-order valence-corrected chi connectivity index (χ0v) is 13.0. The molecule has 0 atom stereocenters. The second-order valence-electron chi connectivity index (χ2n) is 4.99. The van der Waals surface area contributed by atoms with Crippen LogP contribution in [-0.4, -0.2) is 27.5 Å². The molecule has 1 heterocycles. The average Bonchev–Trinajstić information content (AvgIpc) is 2.82. The van der Waals surface area contributed by atoms with Gasteiger partial charge in [0.15, 0.2) is 5.82 Å². The predicted molar refractivity (Wildman–Crippen MR) is 86.2 cm³/mol. The number of aromatic nitrogens is 2. The van der Waals surface area contributed by atoms with E-state index in [1.807, 2.05) is 0 Å². The molecule has 0 aliphatic carbocycles. The van der Waals surface area contributed by atoms with E-state index in [9.17, 15) is 14.4 Å². The Kier molecular flexibility index (Phi) is 4.75. The zero-order valence-electron chi connectivity index (χ0n) is 13.0. The summed E-state index contributed by atoms with van der Waals surface area (Å²) in [6.07, 6.45) is 1.70. The van der Waals surface area contributed by atoms with E-state index < -0.39 is 5.91 Å². The van der Waals surface area contributed by atoms with Crippen LogP contribution in [0.25, 0.3) is 0 Å². The summed E-state index contributed by atoms with van der Waals surface area (Å²) in [7, 11) is 1.74. The molecule has 0 fully saturated rings. The molecule has 0 aliphatic rings. The first-order valence-electron chi connectivity index (χ1n) is 6.85. The third kappa shape index (κ3) is 4.67. The molecule has 2 aromatic rings. The summed E-state index contributed by atoms with van der Waals surface area (Å²) in [6.45, 7) is 2.72. The molecular formula is C15H17N5O3. The van der Waals surface area contributed by atoms with Gasteiger partial charge in [-0.15, -0.1) is 0 Å².